The number of anilines is 1. The number of hydrogen-bond acceptors (Lipinski definition) is 5. The standard InChI is InChI=1S/C17H11ClFN3O5/c1-7-13(21-15(25)8-2-4-9(19)5-3-8)11-12(14(18)20-7)17(27)22(16(11)26)6-10(23)24/h2-5H,6H2,1H3,(H,21,25)(H,23,24). The third kappa shape index (κ3) is 3.24. The second-order valence-corrected chi connectivity index (χ2v) is 6.02. The van der Waals surface area contributed by atoms with Gasteiger partial charge in [0, 0.05) is 5.56 Å². The quantitative estimate of drug-likeness (QED) is 0.609. The minimum absolute atomic E-state index is 0.0602. The van der Waals surface area contributed by atoms with Crippen molar-refractivity contribution >= 4 is 41.0 Å². The minimum Gasteiger partial charge on any atom is -0.480 e. The lowest BCUT2D eigenvalue weighted by Crippen LogP contribution is -2.34. The highest BCUT2D eigenvalue weighted by Crippen LogP contribution is 2.35. The van der Waals surface area contributed by atoms with Crippen LogP contribution >= 0.6 is 11.6 Å². The van der Waals surface area contributed by atoms with Crippen molar-refractivity contribution < 1.29 is 28.7 Å². The highest BCUT2D eigenvalue weighted by atomic mass is 35.5. The SMILES string of the molecule is Cc1nc(Cl)c2c(c1NC(=O)c1ccc(F)cc1)C(=O)N(CC(=O)O)C2=O. The molecule has 0 saturated carbocycles. The molecule has 0 fully saturated rings. The molecule has 0 saturated heterocycles. The van der Waals surface area contributed by atoms with Gasteiger partial charge in [-0.1, -0.05) is 11.6 Å². The zero-order valence-corrected chi connectivity index (χ0v) is 14.5. The first-order valence-electron chi connectivity index (χ1n) is 7.55. The first kappa shape index (κ1) is 18.5. The number of nitrogens with zero attached hydrogens (tertiary/aromatic N) is 2. The number of nitrogens with one attached hydrogen (secondary N) is 1. The van der Waals surface area contributed by atoms with Gasteiger partial charge in [-0.15, -0.1) is 0 Å². The van der Waals surface area contributed by atoms with Gasteiger partial charge in [-0.05, 0) is 31.2 Å². The molecule has 0 radical (unpaired) electrons. The van der Waals surface area contributed by atoms with E-state index in [1.54, 1.807) is 0 Å². The van der Waals surface area contributed by atoms with E-state index in [4.69, 9.17) is 16.7 Å². The van der Waals surface area contributed by atoms with E-state index in [0.29, 0.717) is 4.90 Å². The molecule has 8 nitrogen and oxygen atoms in total. The van der Waals surface area contributed by atoms with Crippen molar-refractivity contribution in [2.75, 3.05) is 11.9 Å². The van der Waals surface area contributed by atoms with Crippen molar-refractivity contribution in [1.29, 1.82) is 0 Å². The Labute approximate surface area is 156 Å². The van der Waals surface area contributed by atoms with Crippen LogP contribution in [-0.4, -0.2) is 45.2 Å². The maximum absolute atomic E-state index is 13.0. The maximum Gasteiger partial charge on any atom is 0.323 e. The summed E-state index contributed by atoms with van der Waals surface area (Å²) in [5, 5.41) is 11.1. The third-order valence-electron chi connectivity index (χ3n) is 3.89. The number of carboxylic acid groups (broad SMARTS) is 1. The number of fused-ring (bicyclic) bond motifs is 1. The molecule has 1 aromatic heterocycles. The van der Waals surface area contributed by atoms with E-state index in [0.717, 1.165) is 12.1 Å². The van der Waals surface area contributed by atoms with Crippen LogP contribution in [0.4, 0.5) is 10.1 Å². The van der Waals surface area contributed by atoms with Gasteiger partial charge in [0.15, 0.2) is 0 Å². The van der Waals surface area contributed by atoms with Gasteiger partial charge < -0.3 is 10.4 Å². The smallest absolute Gasteiger partial charge is 0.323 e. The van der Waals surface area contributed by atoms with Crippen molar-refractivity contribution in [3.63, 3.8) is 0 Å². The Hall–Kier alpha value is -3.33. The zero-order valence-electron chi connectivity index (χ0n) is 13.7. The summed E-state index contributed by atoms with van der Waals surface area (Å²) in [6, 6.07) is 4.67. The van der Waals surface area contributed by atoms with Gasteiger partial charge in [-0.25, -0.2) is 9.37 Å². The fourth-order valence-corrected chi connectivity index (χ4v) is 2.96. The topological polar surface area (TPSA) is 117 Å². The molecular weight excluding hydrogens is 381 g/mol. The number of pyridine rings is 1. The van der Waals surface area contributed by atoms with Crippen LogP contribution in [0, 0.1) is 12.7 Å². The molecule has 27 heavy (non-hydrogen) atoms. The first-order chi connectivity index (χ1) is 12.7. The van der Waals surface area contributed by atoms with Gasteiger partial charge in [-0.2, -0.15) is 0 Å². The first-order valence-corrected chi connectivity index (χ1v) is 7.93. The molecule has 0 atom stereocenters. The van der Waals surface area contributed by atoms with E-state index in [1.807, 2.05) is 0 Å². The van der Waals surface area contributed by atoms with Gasteiger partial charge in [0.05, 0.1) is 22.5 Å². The van der Waals surface area contributed by atoms with E-state index in [-0.39, 0.29) is 33.2 Å². The summed E-state index contributed by atoms with van der Waals surface area (Å²) in [5.74, 6) is -4.39. The molecule has 3 rings (SSSR count). The normalized spacial score (nSPS) is 12.9. The monoisotopic (exact) mass is 391 g/mol. The highest BCUT2D eigenvalue weighted by Gasteiger charge is 2.42. The number of aromatic nitrogens is 1. The Balaban J connectivity index is 2.05. The predicted molar refractivity (Wildman–Crippen MR) is 91.3 cm³/mol. The number of amides is 3. The summed E-state index contributed by atoms with van der Waals surface area (Å²) < 4.78 is 13.0. The van der Waals surface area contributed by atoms with Gasteiger partial charge in [0.2, 0.25) is 0 Å². The summed E-state index contributed by atoms with van der Waals surface area (Å²) in [6.07, 6.45) is 0. The number of rotatable bonds is 4. The summed E-state index contributed by atoms with van der Waals surface area (Å²) in [5.41, 5.74) is -0.293. The van der Waals surface area contributed by atoms with E-state index < -0.39 is 36.1 Å². The van der Waals surface area contributed by atoms with E-state index in [2.05, 4.69) is 10.3 Å². The van der Waals surface area contributed by atoms with Crippen LogP contribution in [-0.2, 0) is 4.79 Å². The summed E-state index contributed by atoms with van der Waals surface area (Å²) in [6.45, 7) is 0.608. The molecule has 2 heterocycles. The van der Waals surface area contributed by atoms with Crippen molar-refractivity contribution in [1.82, 2.24) is 9.88 Å². The maximum atomic E-state index is 13.0. The average Bonchev–Trinajstić information content (AvgIpc) is 2.84. The van der Waals surface area contributed by atoms with Gasteiger partial charge in [-0.3, -0.25) is 24.1 Å². The van der Waals surface area contributed by atoms with Gasteiger partial charge >= 0.3 is 5.97 Å². The molecule has 1 aliphatic rings. The number of halogens is 2. The lowest BCUT2D eigenvalue weighted by atomic mass is 10.1. The molecule has 2 aromatic rings. The lowest BCUT2D eigenvalue weighted by Gasteiger charge is -2.12. The number of benzene rings is 1. The zero-order chi connectivity index (χ0) is 19.9. The Morgan fingerprint density at radius 2 is 1.78 bits per heavy atom. The number of aliphatic carboxylic acids is 1. The Bertz CT molecular complexity index is 1010. The minimum atomic E-state index is -1.39. The number of carbonyl (C=O) groups excluding carboxylic acids is 3. The predicted octanol–water partition coefficient (Wildman–Crippen LogP) is 2.12. The van der Waals surface area contributed by atoms with E-state index in [9.17, 15) is 23.6 Å². The largest absolute Gasteiger partial charge is 0.480 e. The van der Waals surface area contributed by atoms with E-state index in [1.165, 1.54) is 19.1 Å². The molecule has 0 unspecified atom stereocenters. The number of aryl methyl sites for hydroxylation is 1. The Kier molecular flexibility index (Phi) is 4.63. The fraction of sp³-hybridized carbons (Fsp3) is 0.118. The number of carboxylic acids is 1. The summed E-state index contributed by atoms with van der Waals surface area (Å²) in [7, 11) is 0. The number of hydrogen-bond donors (Lipinski definition) is 2. The molecule has 1 aromatic carbocycles. The third-order valence-corrected chi connectivity index (χ3v) is 4.16. The van der Waals surface area contributed by atoms with Crippen LogP contribution in [0.5, 0.6) is 0 Å². The molecular formula is C17H11ClFN3O5. The lowest BCUT2D eigenvalue weighted by molar-refractivity contribution is -0.137. The van der Waals surface area contributed by atoms with Crippen LogP contribution in [0.25, 0.3) is 0 Å². The fourth-order valence-electron chi connectivity index (χ4n) is 2.66. The highest BCUT2D eigenvalue weighted by molar-refractivity contribution is 6.37. The molecule has 10 heteroatoms. The molecule has 0 bridgehead atoms. The molecule has 0 spiro atoms. The summed E-state index contributed by atoms with van der Waals surface area (Å²) in [4.78, 5) is 52.8. The van der Waals surface area contributed by atoms with Crippen LogP contribution in [0.1, 0.15) is 36.8 Å². The second kappa shape index (κ2) is 6.76. The summed E-state index contributed by atoms with van der Waals surface area (Å²) >= 11 is 5.97. The molecule has 138 valence electrons. The van der Waals surface area contributed by atoms with E-state index >= 15 is 0 Å². The van der Waals surface area contributed by atoms with Crippen LogP contribution in [0.3, 0.4) is 0 Å². The van der Waals surface area contributed by atoms with Crippen molar-refractivity contribution in [3.8, 4) is 0 Å². The van der Waals surface area contributed by atoms with Gasteiger partial charge in [0.1, 0.15) is 17.5 Å². The Morgan fingerprint density at radius 3 is 2.37 bits per heavy atom. The van der Waals surface area contributed by atoms with Crippen LogP contribution in [0.15, 0.2) is 24.3 Å². The molecule has 2 N–H and O–H groups in total. The van der Waals surface area contributed by atoms with Crippen molar-refractivity contribution in [3.05, 3.63) is 57.6 Å². The Morgan fingerprint density at radius 1 is 1.19 bits per heavy atom. The molecule has 1 aliphatic heterocycles. The average molecular weight is 392 g/mol. The van der Waals surface area contributed by atoms with Crippen LogP contribution in [0.2, 0.25) is 5.15 Å². The molecule has 0 aliphatic carbocycles. The van der Waals surface area contributed by atoms with Gasteiger partial charge in [0.25, 0.3) is 17.7 Å². The van der Waals surface area contributed by atoms with Crippen molar-refractivity contribution in [2.24, 2.45) is 0 Å². The molecule has 3 amide bonds. The van der Waals surface area contributed by atoms with Crippen LogP contribution < -0.4 is 5.32 Å². The number of imide groups is 1. The second-order valence-electron chi connectivity index (χ2n) is 5.66. The van der Waals surface area contributed by atoms with Crippen molar-refractivity contribution in [2.45, 2.75) is 6.92 Å². The number of carbonyl (C=O) groups is 4.